The molecule has 1 saturated carbocycles. The van der Waals surface area contributed by atoms with Crippen LogP contribution >= 0.6 is 0 Å². The predicted octanol–water partition coefficient (Wildman–Crippen LogP) is 1.43. The highest BCUT2D eigenvalue weighted by Gasteiger charge is 2.40. The van der Waals surface area contributed by atoms with Crippen molar-refractivity contribution in [3.63, 3.8) is 0 Å². The Morgan fingerprint density at radius 2 is 1.91 bits per heavy atom. The van der Waals surface area contributed by atoms with Crippen molar-refractivity contribution in [2.45, 2.75) is 33.1 Å². The van der Waals surface area contributed by atoms with E-state index >= 15 is 0 Å². The predicted molar refractivity (Wildman–Crippen MR) is 87.3 cm³/mol. The van der Waals surface area contributed by atoms with Gasteiger partial charge in [-0.1, -0.05) is 13.8 Å². The van der Waals surface area contributed by atoms with Crippen LogP contribution in [0.3, 0.4) is 0 Å². The van der Waals surface area contributed by atoms with Gasteiger partial charge in [-0.3, -0.25) is 19.6 Å². The van der Waals surface area contributed by atoms with Crippen molar-refractivity contribution >= 4 is 11.5 Å². The Hall–Kier alpha value is -0.780. The Morgan fingerprint density at radius 3 is 2.68 bits per heavy atom. The number of Topliss-reactive ketones (excluding diaryl/α,β-unsaturated/α-hetero) is 1. The summed E-state index contributed by atoms with van der Waals surface area (Å²) in [4.78, 5) is 21.9. The number of fused-ring (bicyclic) bond motifs is 1. The zero-order valence-electron chi connectivity index (χ0n) is 14.0. The SMILES string of the molecule is CC1(C)CC(=O)C2CN(CCCN3CCOCC3)CN=C2C1. The van der Waals surface area contributed by atoms with Crippen LogP contribution in [-0.4, -0.2) is 73.9 Å². The van der Waals surface area contributed by atoms with Crippen molar-refractivity contribution in [3.8, 4) is 0 Å². The molecule has 2 fully saturated rings. The molecule has 0 aromatic rings. The topological polar surface area (TPSA) is 45.1 Å². The van der Waals surface area contributed by atoms with Crippen LogP contribution < -0.4 is 0 Å². The first-order valence-corrected chi connectivity index (χ1v) is 8.62. The second kappa shape index (κ2) is 6.77. The first kappa shape index (κ1) is 16.1. The summed E-state index contributed by atoms with van der Waals surface area (Å²) in [6.07, 6.45) is 2.85. The maximum atomic E-state index is 12.4. The van der Waals surface area contributed by atoms with Crippen molar-refractivity contribution in [2.75, 3.05) is 52.6 Å². The van der Waals surface area contributed by atoms with Gasteiger partial charge in [0.15, 0.2) is 0 Å². The highest BCUT2D eigenvalue weighted by atomic mass is 16.5. The first-order chi connectivity index (χ1) is 10.5. The van der Waals surface area contributed by atoms with Gasteiger partial charge in [-0.25, -0.2) is 0 Å². The van der Waals surface area contributed by atoms with Crippen LogP contribution in [0.15, 0.2) is 4.99 Å². The minimum atomic E-state index is 0.0742. The summed E-state index contributed by atoms with van der Waals surface area (Å²) in [5.74, 6) is 0.470. The van der Waals surface area contributed by atoms with Gasteiger partial charge < -0.3 is 4.74 Å². The molecule has 1 aliphatic carbocycles. The van der Waals surface area contributed by atoms with Crippen LogP contribution in [0.25, 0.3) is 0 Å². The molecule has 0 radical (unpaired) electrons. The van der Waals surface area contributed by atoms with Crippen LogP contribution in [0, 0.1) is 11.3 Å². The molecule has 0 bridgehead atoms. The van der Waals surface area contributed by atoms with E-state index in [1.54, 1.807) is 0 Å². The average molecular weight is 307 g/mol. The molecule has 5 heteroatoms. The van der Waals surface area contributed by atoms with Gasteiger partial charge in [-0.05, 0) is 24.8 Å². The molecule has 1 unspecified atom stereocenters. The number of rotatable bonds is 4. The molecule has 2 aliphatic heterocycles. The van der Waals surface area contributed by atoms with E-state index in [2.05, 4.69) is 23.6 Å². The third kappa shape index (κ3) is 3.94. The van der Waals surface area contributed by atoms with E-state index in [-0.39, 0.29) is 11.3 Å². The van der Waals surface area contributed by atoms with Gasteiger partial charge in [0.25, 0.3) is 0 Å². The Kier molecular flexibility index (Phi) is 4.95. The third-order valence-corrected chi connectivity index (χ3v) is 5.07. The van der Waals surface area contributed by atoms with Crippen LogP contribution in [-0.2, 0) is 9.53 Å². The molecule has 0 aromatic carbocycles. The van der Waals surface area contributed by atoms with Gasteiger partial charge in [-0.2, -0.15) is 0 Å². The second-order valence-electron chi connectivity index (χ2n) is 7.71. The molecule has 2 heterocycles. The first-order valence-electron chi connectivity index (χ1n) is 8.62. The number of morpholine rings is 1. The molecule has 124 valence electrons. The number of nitrogens with zero attached hydrogens (tertiary/aromatic N) is 3. The Morgan fingerprint density at radius 1 is 1.18 bits per heavy atom. The summed E-state index contributed by atoms with van der Waals surface area (Å²) in [6.45, 7) is 12.0. The maximum absolute atomic E-state index is 12.4. The summed E-state index contributed by atoms with van der Waals surface area (Å²) in [5.41, 5.74) is 1.26. The molecule has 22 heavy (non-hydrogen) atoms. The minimum absolute atomic E-state index is 0.0742. The fourth-order valence-corrected chi connectivity index (χ4v) is 3.84. The monoisotopic (exact) mass is 307 g/mol. The Labute approximate surface area is 133 Å². The van der Waals surface area contributed by atoms with Gasteiger partial charge >= 0.3 is 0 Å². The summed E-state index contributed by atoms with van der Waals surface area (Å²) < 4.78 is 5.38. The largest absolute Gasteiger partial charge is 0.379 e. The second-order valence-corrected chi connectivity index (χ2v) is 7.71. The van der Waals surface area contributed by atoms with E-state index < -0.39 is 0 Å². The number of aliphatic imine (C=N–C) groups is 1. The van der Waals surface area contributed by atoms with E-state index in [1.807, 2.05) is 0 Å². The van der Waals surface area contributed by atoms with E-state index in [4.69, 9.17) is 9.73 Å². The van der Waals surface area contributed by atoms with Crippen molar-refractivity contribution in [3.05, 3.63) is 0 Å². The molecule has 1 atom stereocenters. The van der Waals surface area contributed by atoms with Gasteiger partial charge in [0, 0.05) is 38.3 Å². The lowest BCUT2D eigenvalue weighted by molar-refractivity contribution is -0.124. The molecule has 3 rings (SSSR count). The number of ether oxygens (including phenoxy) is 1. The van der Waals surface area contributed by atoms with E-state index in [0.29, 0.717) is 12.2 Å². The molecular formula is C17H29N3O2. The van der Waals surface area contributed by atoms with Crippen LogP contribution in [0.5, 0.6) is 0 Å². The molecule has 3 aliphatic rings. The molecule has 0 amide bonds. The lowest BCUT2D eigenvalue weighted by atomic mass is 9.70. The van der Waals surface area contributed by atoms with Crippen molar-refractivity contribution in [1.29, 1.82) is 0 Å². The third-order valence-electron chi connectivity index (χ3n) is 5.07. The number of carbonyl (C=O) groups is 1. The summed E-state index contributed by atoms with van der Waals surface area (Å²) in [6, 6.07) is 0. The lowest BCUT2D eigenvalue weighted by Crippen LogP contribution is -2.48. The summed E-state index contributed by atoms with van der Waals surface area (Å²) in [7, 11) is 0. The van der Waals surface area contributed by atoms with Gasteiger partial charge in [0.2, 0.25) is 0 Å². The van der Waals surface area contributed by atoms with Crippen molar-refractivity contribution in [2.24, 2.45) is 16.3 Å². The molecule has 5 nitrogen and oxygen atoms in total. The van der Waals surface area contributed by atoms with Crippen molar-refractivity contribution in [1.82, 2.24) is 9.80 Å². The highest BCUT2D eigenvalue weighted by Crippen LogP contribution is 2.36. The molecule has 1 saturated heterocycles. The lowest BCUT2D eigenvalue weighted by Gasteiger charge is -2.39. The molecule has 0 N–H and O–H groups in total. The average Bonchev–Trinajstić information content (AvgIpc) is 2.48. The minimum Gasteiger partial charge on any atom is -0.379 e. The Bertz CT molecular complexity index is 441. The van der Waals surface area contributed by atoms with E-state index in [0.717, 1.165) is 71.2 Å². The standard InChI is InChI=1S/C17H29N3O2/c1-17(2)10-15-14(16(21)11-17)12-20(13-18-15)5-3-4-19-6-8-22-9-7-19/h14H,3-13H2,1-2H3. The van der Waals surface area contributed by atoms with Crippen LogP contribution in [0.4, 0.5) is 0 Å². The number of hydrogen-bond donors (Lipinski definition) is 0. The summed E-state index contributed by atoms with van der Waals surface area (Å²) in [5, 5.41) is 0. The zero-order chi connectivity index (χ0) is 15.6. The van der Waals surface area contributed by atoms with Gasteiger partial charge in [0.05, 0.1) is 25.8 Å². The van der Waals surface area contributed by atoms with Crippen molar-refractivity contribution < 1.29 is 9.53 Å². The fraction of sp³-hybridized carbons (Fsp3) is 0.882. The van der Waals surface area contributed by atoms with Gasteiger partial charge in [0.1, 0.15) is 5.78 Å². The number of carbonyl (C=O) groups excluding carboxylic acids is 1. The van der Waals surface area contributed by atoms with Gasteiger partial charge in [-0.15, -0.1) is 0 Å². The molecule has 0 aromatic heterocycles. The quantitative estimate of drug-likeness (QED) is 0.788. The van der Waals surface area contributed by atoms with E-state index in [1.165, 1.54) is 0 Å². The van der Waals surface area contributed by atoms with Crippen LogP contribution in [0.2, 0.25) is 0 Å². The Balaban J connectivity index is 1.47. The number of ketones is 1. The fourth-order valence-electron chi connectivity index (χ4n) is 3.84. The maximum Gasteiger partial charge on any atom is 0.143 e. The normalized spacial score (nSPS) is 30.0. The smallest absolute Gasteiger partial charge is 0.143 e. The zero-order valence-corrected chi connectivity index (χ0v) is 14.0. The molecular weight excluding hydrogens is 278 g/mol. The van der Waals surface area contributed by atoms with E-state index in [9.17, 15) is 4.79 Å². The van der Waals surface area contributed by atoms with Crippen LogP contribution in [0.1, 0.15) is 33.1 Å². The number of hydrogen-bond acceptors (Lipinski definition) is 5. The summed E-state index contributed by atoms with van der Waals surface area (Å²) >= 11 is 0. The molecule has 0 spiro atoms. The highest BCUT2D eigenvalue weighted by molar-refractivity contribution is 6.08.